The Balaban J connectivity index is 2.12. The average Bonchev–Trinajstić information content (AvgIpc) is 2.48. The standard InChI is InChI=1S/C16H19NO2S/c1-11(12-4-9-15(18)16(10-12)19-2)17-13-5-7-14(20-3)8-6-13/h4-11,17-18H,1-3H3. The Morgan fingerprint density at radius 3 is 2.45 bits per heavy atom. The largest absolute Gasteiger partial charge is 0.504 e. The summed E-state index contributed by atoms with van der Waals surface area (Å²) in [7, 11) is 1.55. The minimum absolute atomic E-state index is 0.129. The number of anilines is 1. The van der Waals surface area contributed by atoms with Crippen molar-refractivity contribution in [2.75, 3.05) is 18.7 Å². The van der Waals surface area contributed by atoms with E-state index in [9.17, 15) is 5.11 Å². The molecule has 20 heavy (non-hydrogen) atoms. The third-order valence-electron chi connectivity index (χ3n) is 3.18. The molecule has 0 bridgehead atoms. The first kappa shape index (κ1) is 14.6. The second kappa shape index (κ2) is 6.57. The maximum absolute atomic E-state index is 9.62. The maximum atomic E-state index is 9.62. The van der Waals surface area contributed by atoms with E-state index >= 15 is 0 Å². The zero-order chi connectivity index (χ0) is 14.5. The predicted molar refractivity (Wildman–Crippen MR) is 84.9 cm³/mol. The van der Waals surface area contributed by atoms with Gasteiger partial charge in [-0.25, -0.2) is 0 Å². The van der Waals surface area contributed by atoms with Crippen LogP contribution in [0.2, 0.25) is 0 Å². The van der Waals surface area contributed by atoms with Gasteiger partial charge in [-0.15, -0.1) is 11.8 Å². The van der Waals surface area contributed by atoms with Gasteiger partial charge in [0.1, 0.15) is 0 Å². The average molecular weight is 289 g/mol. The van der Waals surface area contributed by atoms with Crippen LogP contribution in [0, 0.1) is 0 Å². The van der Waals surface area contributed by atoms with Crippen molar-refractivity contribution in [1.29, 1.82) is 0 Å². The third-order valence-corrected chi connectivity index (χ3v) is 3.92. The van der Waals surface area contributed by atoms with Gasteiger partial charge in [0.15, 0.2) is 11.5 Å². The van der Waals surface area contributed by atoms with Gasteiger partial charge >= 0.3 is 0 Å². The lowest BCUT2D eigenvalue weighted by atomic mass is 10.1. The molecule has 2 rings (SSSR count). The molecule has 0 amide bonds. The zero-order valence-electron chi connectivity index (χ0n) is 11.9. The molecule has 0 aromatic heterocycles. The van der Waals surface area contributed by atoms with Crippen molar-refractivity contribution < 1.29 is 9.84 Å². The van der Waals surface area contributed by atoms with Crippen LogP contribution in [0.15, 0.2) is 47.4 Å². The molecule has 4 heteroatoms. The van der Waals surface area contributed by atoms with Crippen molar-refractivity contribution >= 4 is 17.4 Å². The van der Waals surface area contributed by atoms with Crippen molar-refractivity contribution in [2.24, 2.45) is 0 Å². The van der Waals surface area contributed by atoms with Crippen LogP contribution >= 0.6 is 11.8 Å². The van der Waals surface area contributed by atoms with E-state index in [0.29, 0.717) is 5.75 Å². The van der Waals surface area contributed by atoms with E-state index in [1.54, 1.807) is 24.9 Å². The van der Waals surface area contributed by atoms with Crippen LogP contribution in [0.3, 0.4) is 0 Å². The molecule has 0 saturated carbocycles. The molecule has 2 N–H and O–H groups in total. The fraction of sp³-hybridized carbons (Fsp3) is 0.250. The summed E-state index contributed by atoms with van der Waals surface area (Å²) in [4.78, 5) is 1.24. The fourth-order valence-corrected chi connectivity index (χ4v) is 2.39. The molecule has 106 valence electrons. The fourth-order valence-electron chi connectivity index (χ4n) is 1.98. The molecular weight excluding hydrogens is 270 g/mol. The second-order valence-corrected chi connectivity index (χ2v) is 5.41. The van der Waals surface area contributed by atoms with Crippen LogP contribution in [0.4, 0.5) is 5.69 Å². The number of benzene rings is 2. The first-order chi connectivity index (χ1) is 9.63. The SMILES string of the molecule is COc1cc(C(C)Nc2ccc(SC)cc2)ccc1O. The van der Waals surface area contributed by atoms with E-state index in [2.05, 4.69) is 42.8 Å². The number of nitrogens with one attached hydrogen (secondary N) is 1. The quantitative estimate of drug-likeness (QED) is 0.805. The number of aromatic hydroxyl groups is 1. The zero-order valence-corrected chi connectivity index (χ0v) is 12.7. The van der Waals surface area contributed by atoms with Crippen molar-refractivity contribution in [3.05, 3.63) is 48.0 Å². The van der Waals surface area contributed by atoms with E-state index in [1.165, 1.54) is 4.90 Å². The number of rotatable bonds is 5. The van der Waals surface area contributed by atoms with Crippen LogP contribution in [0.25, 0.3) is 0 Å². The molecule has 0 aliphatic heterocycles. The van der Waals surface area contributed by atoms with Crippen molar-refractivity contribution in [2.45, 2.75) is 17.9 Å². The van der Waals surface area contributed by atoms with Gasteiger partial charge < -0.3 is 15.2 Å². The summed E-state index contributed by atoms with van der Waals surface area (Å²) in [6.45, 7) is 2.08. The predicted octanol–water partition coefficient (Wildman–Crippen LogP) is 4.30. The number of methoxy groups -OCH3 is 1. The Morgan fingerprint density at radius 1 is 1.15 bits per heavy atom. The summed E-state index contributed by atoms with van der Waals surface area (Å²) in [6, 6.07) is 13.9. The highest BCUT2D eigenvalue weighted by molar-refractivity contribution is 7.98. The topological polar surface area (TPSA) is 41.5 Å². The molecule has 0 aliphatic carbocycles. The molecular formula is C16H19NO2S. The van der Waals surface area contributed by atoms with Crippen LogP contribution in [-0.2, 0) is 0 Å². The molecule has 1 atom stereocenters. The lowest BCUT2D eigenvalue weighted by molar-refractivity contribution is 0.373. The maximum Gasteiger partial charge on any atom is 0.160 e. The van der Waals surface area contributed by atoms with E-state index in [1.807, 2.05) is 12.1 Å². The Kier molecular flexibility index (Phi) is 4.79. The van der Waals surface area contributed by atoms with Gasteiger partial charge in [-0.1, -0.05) is 6.07 Å². The molecule has 2 aromatic carbocycles. The van der Waals surface area contributed by atoms with Crippen LogP contribution in [0.1, 0.15) is 18.5 Å². The summed E-state index contributed by atoms with van der Waals surface area (Å²) in [5.41, 5.74) is 2.14. The highest BCUT2D eigenvalue weighted by atomic mass is 32.2. The molecule has 0 aliphatic rings. The van der Waals surface area contributed by atoms with E-state index < -0.39 is 0 Å². The van der Waals surface area contributed by atoms with Crippen molar-refractivity contribution in [1.82, 2.24) is 0 Å². The van der Waals surface area contributed by atoms with Gasteiger partial charge in [0.25, 0.3) is 0 Å². The Morgan fingerprint density at radius 2 is 1.85 bits per heavy atom. The first-order valence-electron chi connectivity index (χ1n) is 6.41. The molecule has 1 unspecified atom stereocenters. The Bertz CT molecular complexity index is 569. The summed E-state index contributed by atoms with van der Waals surface area (Å²) in [5, 5.41) is 13.1. The minimum atomic E-state index is 0.129. The Hall–Kier alpha value is -1.81. The van der Waals surface area contributed by atoms with Crippen molar-refractivity contribution in [3.8, 4) is 11.5 Å². The number of thioether (sulfide) groups is 1. The van der Waals surface area contributed by atoms with Gasteiger partial charge in [-0.3, -0.25) is 0 Å². The van der Waals surface area contributed by atoms with Crippen LogP contribution in [0.5, 0.6) is 11.5 Å². The van der Waals surface area contributed by atoms with Gasteiger partial charge in [-0.2, -0.15) is 0 Å². The van der Waals surface area contributed by atoms with Crippen LogP contribution < -0.4 is 10.1 Å². The molecule has 0 spiro atoms. The van der Waals surface area contributed by atoms with Gasteiger partial charge in [0.05, 0.1) is 7.11 Å². The third kappa shape index (κ3) is 3.39. The van der Waals surface area contributed by atoms with Gasteiger partial charge in [0.2, 0.25) is 0 Å². The monoisotopic (exact) mass is 289 g/mol. The number of phenolic OH excluding ortho intramolecular Hbond substituents is 1. The lowest BCUT2D eigenvalue weighted by Crippen LogP contribution is -2.06. The van der Waals surface area contributed by atoms with Gasteiger partial charge in [-0.05, 0) is 55.1 Å². The lowest BCUT2D eigenvalue weighted by Gasteiger charge is -2.17. The molecule has 3 nitrogen and oxygen atoms in total. The highest BCUT2D eigenvalue weighted by Crippen LogP contribution is 2.30. The minimum Gasteiger partial charge on any atom is -0.504 e. The van der Waals surface area contributed by atoms with Gasteiger partial charge in [0, 0.05) is 16.6 Å². The number of hydrogen-bond acceptors (Lipinski definition) is 4. The van der Waals surface area contributed by atoms with E-state index in [0.717, 1.165) is 11.3 Å². The number of hydrogen-bond donors (Lipinski definition) is 2. The Labute approximate surface area is 124 Å². The first-order valence-corrected chi connectivity index (χ1v) is 7.64. The molecule has 0 radical (unpaired) electrons. The summed E-state index contributed by atoms with van der Waals surface area (Å²) in [5.74, 6) is 0.654. The molecule has 0 fully saturated rings. The molecule has 2 aromatic rings. The van der Waals surface area contributed by atoms with Crippen molar-refractivity contribution in [3.63, 3.8) is 0 Å². The summed E-state index contributed by atoms with van der Waals surface area (Å²) >= 11 is 1.73. The number of phenols is 1. The van der Waals surface area contributed by atoms with E-state index in [-0.39, 0.29) is 11.8 Å². The molecule has 0 heterocycles. The summed E-state index contributed by atoms with van der Waals surface area (Å²) < 4.78 is 5.14. The van der Waals surface area contributed by atoms with Crippen LogP contribution in [-0.4, -0.2) is 18.5 Å². The highest BCUT2D eigenvalue weighted by Gasteiger charge is 2.09. The smallest absolute Gasteiger partial charge is 0.160 e. The molecule has 0 saturated heterocycles. The second-order valence-electron chi connectivity index (χ2n) is 4.53. The van der Waals surface area contributed by atoms with E-state index in [4.69, 9.17) is 4.74 Å². The summed E-state index contributed by atoms with van der Waals surface area (Å²) in [6.07, 6.45) is 2.06. The number of ether oxygens (including phenoxy) is 1. The normalized spacial score (nSPS) is 11.9.